The Hall–Kier alpha value is -0.500. The van der Waals surface area contributed by atoms with E-state index in [-0.39, 0.29) is 0 Å². The number of hydrogen-bond acceptors (Lipinski definition) is 1. The summed E-state index contributed by atoms with van der Waals surface area (Å²) in [5.41, 5.74) is 2.53. The van der Waals surface area contributed by atoms with Crippen molar-refractivity contribution in [2.45, 2.75) is 58.8 Å². The van der Waals surface area contributed by atoms with Gasteiger partial charge in [0.2, 0.25) is 0 Å². The lowest BCUT2D eigenvalue weighted by Crippen LogP contribution is -2.02. The molecular weight excluding hydrogens is 286 g/mol. The molecule has 0 radical (unpaired) electrons. The van der Waals surface area contributed by atoms with Crippen LogP contribution >= 0.6 is 15.9 Å². The van der Waals surface area contributed by atoms with Gasteiger partial charge in [0.1, 0.15) is 0 Å². The van der Waals surface area contributed by atoms with Crippen molar-refractivity contribution in [3.05, 3.63) is 28.2 Å². The lowest BCUT2D eigenvalue weighted by atomic mass is 10.1. The largest absolute Gasteiger partial charge is 0.384 e. The third-order valence-corrected chi connectivity index (χ3v) is 3.91. The molecule has 1 N–H and O–H groups in total. The van der Waals surface area contributed by atoms with Gasteiger partial charge in [0.25, 0.3) is 0 Å². The summed E-state index contributed by atoms with van der Waals surface area (Å²) in [4.78, 5) is 0. The molecular formula is C16H26BrN. The zero-order valence-corrected chi connectivity index (χ0v) is 13.4. The molecule has 1 nitrogen and oxygen atoms in total. The molecule has 0 aliphatic heterocycles. The summed E-state index contributed by atoms with van der Waals surface area (Å²) < 4.78 is 1.16. The SMILES string of the molecule is CCCCCCCCCNc1cc(C)ccc1Br. The summed E-state index contributed by atoms with van der Waals surface area (Å²) in [6, 6.07) is 6.44. The van der Waals surface area contributed by atoms with Crippen molar-refractivity contribution in [3.63, 3.8) is 0 Å². The van der Waals surface area contributed by atoms with Gasteiger partial charge in [-0.05, 0) is 47.0 Å². The van der Waals surface area contributed by atoms with Gasteiger partial charge in [-0.3, -0.25) is 0 Å². The lowest BCUT2D eigenvalue weighted by Gasteiger charge is -2.09. The molecule has 1 aromatic rings. The molecule has 102 valence electrons. The smallest absolute Gasteiger partial charge is 0.0487 e. The van der Waals surface area contributed by atoms with Crippen LogP contribution in [0.1, 0.15) is 57.4 Å². The minimum atomic E-state index is 1.08. The predicted octanol–water partition coefficient (Wildman–Crippen LogP) is 5.92. The van der Waals surface area contributed by atoms with Gasteiger partial charge >= 0.3 is 0 Å². The second-order valence-corrected chi connectivity index (χ2v) is 5.89. The van der Waals surface area contributed by atoms with Crippen LogP contribution in [0.5, 0.6) is 0 Å². The van der Waals surface area contributed by atoms with Crippen molar-refractivity contribution in [1.82, 2.24) is 0 Å². The number of aryl methyl sites for hydroxylation is 1. The average molecular weight is 312 g/mol. The molecule has 0 heterocycles. The van der Waals surface area contributed by atoms with Crippen molar-refractivity contribution in [3.8, 4) is 0 Å². The van der Waals surface area contributed by atoms with E-state index in [1.165, 1.54) is 56.2 Å². The van der Waals surface area contributed by atoms with Crippen LogP contribution in [-0.2, 0) is 0 Å². The van der Waals surface area contributed by atoms with Crippen molar-refractivity contribution in [2.24, 2.45) is 0 Å². The predicted molar refractivity (Wildman–Crippen MR) is 85.4 cm³/mol. The van der Waals surface area contributed by atoms with Gasteiger partial charge < -0.3 is 5.32 Å². The van der Waals surface area contributed by atoms with E-state index in [2.05, 4.69) is 53.3 Å². The molecule has 0 saturated heterocycles. The summed E-state index contributed by atoms with van der Waals surface area (Å²) in [7, 11) is 0. The lowest BCUT2D eigenvalue weighted by molar-refractivity contribution is 0.596. The normalized spacial score (nSPS) is 10.6. The zero-order chi connectivity index (χ0) is 13.2. The highest BCUT2D eigenvalue weighted by atomic mass is 79.9. The van der Waals surface area contributed by atoms with Crippen molar-refractivity contribution < 1.29 is 0 Å². The molecule has 1 aromatic carbocycles. The number of anilines is 1. The third kappa shape index (κ3) is 6.44. The molecule has 0 spiro atoms. The van der Waals surface area contributed by atoms with Crippen LogP contribution in [0.15, 0.2) is 22.7 Å². The molecule has 0 unspecified atom stereocenters. The number of hydrogen-bond donors (Lipinski definition) is 1. The Balaban J connectivity index is 2.09. The fourth-order valence-corrected chi connectivity index (χ4v) is 2.47. The summed E-state index contributed by atoms with van der Waals surface area (Å²) in [6.07, 6.45) is 9.55. The first-order chi connectivity index (χ1) is 8.74. The van der Waals surface area contributed by atoms with E-state index in [9.17, 15) is 0 Å². The molecule has 0 atom stereocenters. The Morgan fingerprint density at radius 2 is 1.67 bits per heavy atom. The van der Waals surface area contributed by atoms with Gasteiger partial charge in [-0.15, -0.1) is 0 Å². The molecule has 0 fully saturated rings. The molecule has 1 rings (SSSR count). The van der Waals surface area contributed by atoms with Gasteiger partial charge in [0, 0.05) is 16.7 Å². The molecule has 0 aliphatic rings. The highest BCUT2D eigenvalue weighted by molar-refractivity contribution is 9.10. The Kier molecular flexibility index (Phi) is 8.15. The van der Waals surface area contributed by atoms with E-state index in [4.69, 9.17) is 0 Å². The fourth-order valence-electron chi connectivity index (χ4n) is 2.08. The first kappa shape index (κ1) is 15.6. The molecule has 0 bridgehead atoms. The van der Waals surface area contributed by atoms with E-state index in [0.29, 0.717) is 0 Å². The summed E-state index contributed by atoms with van der Waals surface area (Å²) in [5, 5.41) is 3.51. The van der Waals surface area contributed by atoms with Crippen molar-refractivity contribution in [2.75, 3.05) is 11.9 Å². The van der Waals surface area contributed by atoms with E-state index in [1.807, 2.05) is 0 Å². The number of unbranched alkanes of at least 4 members (excludes halogenated alkanes) is 6. The van der Waals surface area contributed by atoms with Crippen LogP contribution in [0.2, 0.25) is 0 Å². The number of nitrogens with one attached hydrogen (secondary N) is 1. The van der Waals surface area contributed by atoms with E-state index >= 15 is 0 Å². The van der Waals surface area contributed by atoms with Crippen molar-refractivity contribution in [1.29, 1.82) is 0 Å². The zero-order valence-electron chi connectivity index (χ0n) is 11.8. The highest BCUT2D eigenvalue weighted by Crippen LogP contribution is 2.23. The van der Waals surface area contributed by atoms with Crippen LogP contribution in [0.25, 0.3) is 0 Å². The summed E-state index contributed by atoms with van der Waals surface area (Å²) in [5.74, 6) is 0. The first-order valence-electron chi connectivity index (χ1n) is 7.24. The maximum Gasteiger partial charge on any atom is 0.0487 e. The van der Waals surface area contributed by atoms with Crippen LogP contribution in [0.3, 0.4) is 0 Å². The molecule has 0 saturated carbocycles. The number of rotatable bonds is 9. The monoisotopic (exact) mass is 311 g/mol. The van der Waals surface area contributed by atoms with E-state index in [0.717, 1.165) is 11.0 Å². The minimum Gasteiger partial charge on any atom is -0.384 e. The van der Waals surface area contributed by atoms with Crippen LogP contribution in [0, 0.1) is 6.92 Å². The maximum absolute atomic E-state index is 3.58. The Bertz CT molecular complexity index is 336. The standard InChI is InChI=1S/C16H26BrN/c1-3-4-5-6-7-8-9-12-18-16-13-14(2)10-11-15(16)17/h10-11,13,18H,3-9,12H2,1-2H3. The number of benzene rings is 1. The van der Waals surface area contributed by atoms with Gasteiger partial charge in [-0.1, -0.05) is 51.5 Å². The van der Waals surface area contributed by atoms with Gasteiger partial charge in [-0.2, -0.15) is 0 Å². The van der Waals surface area contributed by atoms with E-state index in [1.54, 1.807) is 0 Å². The second-order valence-electron chi connectivity index (χ2n) is 5.03. The van der Waals surface area contributed by atoms with E-state index < -0.39 is 0 Å². The Morgan fingerprint density at radius 1 is 1.00 bits per heavy atom. The Morgan fingerprint density at radius 3 is 2.39 bits per heavy atom. The first-order valence-corrected chi connectivity index (χ1v) is 8.03. The molecule has 0 aliphatic carbocycles. The highest BCUT2D eigenvalue weighted by Gasteiger charge is 1.98. The molecule has 0 aromatic heterocycles. The van der Waals surface area contributed by atoms with Crippen LogP contribution < -0.4 is 5.32 Å². The van der Waals surface area contributed by atoms with Gasteiger partial charge in [0.15, 0.2) is 0 Å². The summed E-state index contributed by atoms with van der Waals surface area (Å²) in [6.45, 7) is 5.48. The topological polar surface area (TPSA) is 12.0 Å². The maximum atomic E-state index is 3.58. The Labute approximate surface area is 120 Å². The second kappa shape index (κ2) is 9.43. The van der Waals surface area contributed by atoms with Crippen LogP contribution in [0.4, 0.5) is 5.69 Å². The number of halogens is 1. The summed E-state index contributed by atoms with van der Waals surface area (Å²) >= 11 is 3.58. The average Bonchev–Trinajstić information content (AvgIpc) is 2.36. The quantitative estimate of drug-likeness (QED) is 0.558. The third-order valence-electron chi connectivity index (χ3n) is 3.22. The molecule has 2 heteroatoms. The molecule has 18 heavy (non-hydrogen) atoms. The van der Waals surface area contributed by atoms with Crippen LogP contribution in [-0.4, -0.2) is 6.54 Å². The van der Waals surface area contributed by atoms with Gasteiger partial charge in [0.05, 0.1) is 0 Å². The van der Waals surface area contributed by atoms with Crippen molar-refractivity contribution >= 4 is 21.6 Å². The minimum absolute atomic E-state index is 1.08. The van der Waals surface area contributed by atoms with Gasteiger partial charge in [-0.25, -0.2) is 0 Å². The molecule has 0 amide bonds. The fraction of sp³-hybridized carbons (Fsp3) is 0.625.